The largest absolute Gasteiger partial charge is 0.369 e. The topological polar surface area (TPSA) is 35.0 Å². The third-order valence-electron chi connectivity index (χ3n) is 2.80. The lowest BCUT2D eigenvalue weighted by molar-refractivity contribution is 0.129. The van der Waals surface area contributed by atoms with Crippen molar-refractivity contribution in [3.8, 4) is 0 Å². The van der Waals surface area contributed by atoms with E-state index in [1.165, 1.54) is 0 Å². The standard InChI is InChI=1S/C14H14ClIN2O/c1-3-10-11(16)13(15)18-14(17-10)12(19-2)9-7-5-4-6-8-9/h4-8,12H,3H2,1-2H3. The van der Waals surface area contributed by atoms with Gasteiger partial charge < -0.3 is 4.74 Å². The number of ether oxygens (including phenoxy) is 1. The molecule has 1 aromatic carbocycles. The van der Waals surface area contributed by atoms with Gasteiger partial charge in [-0.15, -0.1) is 0 Å². The zero-order chi connectivity index (χ0) is 13.8. The van der Waals surface area contributed by atoms with E-state index in [4.69, 9.17) is 16.3 Å². The Hall–Kier alpha value is -0.720. The van der Waals surface area contributed by atoms with Crippen molar-refractivity contribution in [1.29, 1.82) is 0 Å². The molecule has 0 fully saturated rings. The van der Waals surface area contributed by atoms with Crippen molar-refractivity contribution < 1.29 is 4.74 Å². The van der Waals surface area contributed by atoms with Crippen LogP contribution in [-0.2, 0) is 11.2 Å². The first kappa shape index (κ1) is 14.7. The lowest BCUT2D eigenvalue weighted by Gasteiger charge is -2.16. The highest BCUT2D eigenvalue weighted by atomic mass is 127. The molecule has 0 amide bonds. The lowest BCUT2D eigenvalue weighted by Crippen LogP contribution is -2.11. The van der Waals surface area contributed by atoms with Crippen LogP contribution in [0.4, 0.5) is 0 Å². The summed E-state index contributed by atoms with van der Waals surface area (Å²) in [6.07, 6.45) is 0.527. The van der Waals surface area contributed by atoms with E-state index in [-0.39, 0.29) is 6.10 Å². The molecule has 5 heteroatoms. The fourth-order valence-corrected chi connectivity index (χ4v) is 2.67. The van der Waals surface area contributed by atoms with Crippen LogP contribution in [0.1, 0.15) is 30.1 Å². The highest BCUT2D eigenvalue weighted by molar-refractivity contribution is 14.1. The molecule has 0 bridgehead atoms. The van der Waals surface area contributed by atoms with Gasteiger partial charge in [-0.05, 0) is 34.6 Å². The van der Waals surface area contributed by atoms with Crippen LogP contribution in [0, 0.1) is 3.57 Å². The first-order chi connectivity index (χ1) is 9.17. The summed E-state index contributed by atoms with van der Waals surface area (Å²) in [5.74, 6) is 0.607. The number of nitrogens with zero attached hydrogens (tertiary/aromatic N) is 2. The molecular formula is C14H14ClIN2O. The number of aromatic nitrogens is 2. The molecule has 2 aromatic rings. The minimum Gasteiger partial charge on any atom is -0.369 e. The van der Waals surface area contributed by atoms with Gasteiger partial charge in [-0.3, -0.25) is 0 Å². The van der Waals surface area contributed by atoms with Crippen LogP contribution in [-0.4, -0.2) is 17.1 Å². The van der Waals surface area contributed by atoms with Crippen molar-refractivity contribution in [3.05, 3.63) is 56.1 Å². The summed E-state index contributed by atoms with van der Waals surface area (Å²) < 4.78 is 6.44. The Labute approximate surface area is 131 Å². The maximum atomic E-state index is 6.17. The average Bonchev–Trinajstić information content (AvgIpc) is 2.44. The molecule has 0 aliphatic rings. The molecule has 0 aliphatic heterocycles. The molecule has 19 heavy (non-hydrogen) atoms. The maximum Gasteiger partial charge on any atom is 0.163 e. The van der Waals surface area contributed by atoms with E-state index in [2.05, 4.69) is 39.5 Å². The summed E-state index contributed by atoms with van der Waals surface area (Å²) >= 11 is 8.35. The Morgan fingerprint density at radius 2 is 1.95 bits per heavy atom. The molecule has 100 valence electrons. The number of halogens is 2. The second-order valence-corrected chi connectivity index (χ2v) is 5.45. The van der Waals surface area contributed by atoms with E-state index in [0.29, 0.717) is 11.0 Å². The van der Waals surface area contributed by atoms with Crippen molar-refractivity contribution in [3.63, 3.8) is 0 Å². The molecule has 0 aliphatic carbocycles. The number of benzene rings is 1. The van der Waals surface area contributed by atoms with Crippen LogP contribution in [0.2, 0.25) is 5.15 Å². The van der Waals surface area contributed by atoms with E-state index in [0.717, 1.165) is 21.2 Å². The minimum absolute atomic E-state index is 0.291. The van der Waals surface area contributed by atoms with E-state index in [1.54, 1.807) is 7.11 Å². The Morgan fingerprint density at radius 1 is 1.26 bits per heavy atom. The van der Waals surface area contributed by atoms with Crippen LogP contribution in [0.25, 0.3) is 0 Å². The quantitative estimate of drug-likeness (QED) is 0.586. The molecule has 0 spiro atoms. The van der Waals surface area contributed by atoms with Gasteiger partial charge in [-0.25, -0.2) is 9.97 Å². The molecular weight excluding hydrogens is 375 g/mol. The van der Waals surface area contributed by atoms with Crippen LogP contribution in [0.3, 0.4) is 0 Å². The van der Waals surface area contributed by atoms with Crippen molar-refractivity contribution in [2.75, 3.05) is 7.11 Å². The predicted octanol–water partition coefficient (Wildman–Crippen LogP) is 4.03. The van der Waals surface area contributed by atoms with Gasteiger partial charge >= 0.3 is 0 Å². The molecule has 1 atom stereocenters. The minimum atomic E-state index is -0.291. The van der Waals surface area contributed by atoms with Gasteiger partial charge in [0.25, 0.3) is 0 Å². The number of methoxy groups -OCH3 is 1. The van der Waals surface area contributed by atoms with Gasteiger partial charge in [0, 0.05) is 7.11 Å². The summed E-state index contributed by atoms with van der Waals surface area (Å²) in [5, 5.41) is 0.487. The molecule has 0 radical (unpaired) electrons. The summed E-state index contributed by atoms with van der Waals surface area (Å²) in [4.78, 5) is 8.92. The van der Waals surface area contributed by atoms with Crippen molar-refractivity contribution in [1.82, 2.24) is 9.97 Å². The van der Waals surface area contributed by atoms with Crippen molar-refractivity contribution in [2.45, 2.75) is 19.4 Å². The zero-order valence-electron chi connectivity index (χ0n) is 10.7. The Kier molecular flexibility index (Phi) is 5.13. The second-order valence-electron chi connectivity index (χ2n) is 4.01. The van der Waals surface area contributed by atoms with E-state index in [9.17, 15) is 0 Å². The summed E-state index contributed by atoms with van der Waals surface area (Å²) in [6.45, 7) is 2.05. The SMILES string of the molecule is CCc1nc(C(OC)c2ccccc2)nc(Cl)c1I. The molecule has 0 saturated heterocycles. The Morgan fingerprint density at radius 3 is 2.53 bits per heavy atom. The Bertz CT molecular complexity index is 563. The van der Waals surface area contributed by atoms with Gasteiger partial charge in [0.2, 0.25) is 0 Å². The predicted molar refractivity (Wildman–Crippen MR) is 84.4 cm³/mol. The first-order valence-corrected chi connectivity index (χ1v) is 7.42. The average molecular weight is 389 g/mol. The zero-order valence-corrected chi connectivity index (χ0v) is 13.6. The normalized spacial score (nSPS) is 12.4. The fourth-order valence-electron chi connectivity index (χ4n) is 1.85. The summed E-state index contributed by atoms with van der Waals surface area (Å²) in [5.41, 5.74) is 1.97. The molecule has 1 unspecified atom stereocenters. The smallest absolute Gasteiger partial charge is 0.163 e. The third-order valence-corrected chi connectivity index (χ3v) is 4.53. The van der Waals surface area contributed by atoms with E-state index in [1.807, 2.05) is 30.3 Å². The molecule has 3 nitrogen and oxygen atoms in total. The van der Waals surface area contributed by atoms with E-state index >= 15 is 0 Å². The van der Waals surface area contributed by atoms with Crippen molar-refractivity contribution >= 4 is 34.2 Å². The number of rotatable bonds is 4. The van der Waals surface area contributed by atoms with Gasteiger partial charge in [-0.1, -0.05) is 48.9 Å². The third kappa shape index (κ3) is 3.24. The molecule has 1 heterocycles. The van der Waals surface area contributed by atoms with Crippen LogP contribution in [0.5, 0.6) is 0 Å². The van der Waals surface area contributed by atoms with Gasteiger partial charge in [-0.2, -0.15) is 0 Å². The monoisotopic (exact) mass is 388 g/mol. The van der Waals surface area contributed by atoms with Crippen LogP contribution >= 0.6 is 34.2 Å². The highest BCUT2D eigenvalue weighted by Gasteiger charge is 2.19. The molecule has 2 rings (SSSR count). The van der Waals surface area contributed by atoms with Crippen LogP contribution < -0.4 is 0 Å². The first-order valence-electron chi connectivity index (χ1n) is 5.97. The van der Waals surface area contributed by atoms with Gasteiger partial charge in [0.05, 0.1) is 9.26 Å². The lowest BCUT2D eigenvalue weighted by atomic mass is 10.1. The fraction of sp³-hybridized carbons (Fsp3) is 0.286. The number of hydrogen-bond donors (Lipinski definition) is 0. The highest BCUT2D eigenvalue weighted by Crippen LogP contribution is 2.26. The van der Waals surface area contributed by atoms with Crippen LogP contribution in [0.15, 0.2) is 30.3 Å². The summed E-state index contributed by atoms with van der Waals surface area (Å²) in [6, 6.07) is 9.90. The molecule has 1 aromatic heterocycles. The number of aryl methyl sites for hydroxylation is 1. The maximum absolute atomic E-state index is 6.17. The molecule has 0 saturated carbocycles. The summed E-state index contributed by atoms with van der Waals surface area (Å²) in [7, 11) is 1.65. The van der Waals surface area contributed by atoms with E-state index < -0.39 is 0 Å². The Balaban J connectivity index is 2.47. The van der Waals surface area contributed by atoms with Crippen molar-refractivity contribution in [2.24, 2.45) is 0 Å². The number of hydrogen-bond acceptors (Lipinski definition) is 3. The van der Waals surface area contributed by atoms with Gasteiger partial charge in [0.1, 0.15) is 11.3 Å². The molecule has 0 N–H and O–H groups in total. The van der Waals surface area contributed by atoms with Gasteiger partial charge in [0.15, 0.2) is 5.82 Å². The second kappa shape index (κ2) is 6.63.